The zero-order chi connectivity index (χ0) is 10.7. The lowest BCUT2D eigenvalue weighted by atomic mass is 10.1. The number of amides is 1. The smallest absolute Gasteiger partial charge is 0.227 e. The topological polar surface area (TPSA) is 46.3 Å². The first-order chi connectivity index (χ1) is 7.33. The molecule has 3 nitrogen and oxygen atoms in total. The lowest BCUT2D eigenvalue weighted by Gasteiger charge is -2.27. The SMILES string of the molecule is NCC1CCN(C2CCCCCC2)C1=O. The van der Waals surface area contributed by atoms with E-state index in [1.54, 1.807) is 0 Å². The van der Waals surface area contributed by atoms with Crippen LogP contribution in [0.3, 0.4) is 0 Å². The van der Waals surface area contributed by atoms with Crippen molar-refractivity contribution in [3.8, 4) is 0 Å². The molecule has 3 heteroatoms. The second-order valence-corrected chi connectivity index (χ2v) is 4.90. The third-order valence-corrected chi connectivity index (χ3v) is 3.90. The van der Waals surface area contributed by atoms with E-state index >= 15 is 0 Å². The van der Waals surface area contributed by atoms with Crippen LogP contribution in [0.15, 0.2) is 0 Å². The van der Waals surface area contributed by atoms with Gasteiger partial charge in [0.25, 0.3) is 0 Å². The molecule has 2 fully saturated rings. The molecule has 1 unspecified atom stereocenters. The third-order valence-electron chi connectivity index (χ3n) is 3.90. The molecule has 0 radical (unpaired) electrons. The predicted octanol–water partition coefficient (Wildman–Crippen LogP) is 1.52. The number of likely N-dealkylation sites (tertiary alicyclic amines) is 1. The number of carbonyl (C=O) groups is 1. The van der Waals surface area contributed by atoms with E-state index in [9.17, 15) is 4.79 Å². The summed E-state index contributed by atoms with van der Waals surface area (Å²) in [5, 5.41) is 0. The number of nitrogens with zero attached hydrogens (tertiary/aromatic N) is 1. The summed E-state index contributed by atoms with van der Waals surface area (Å²) < 4.78 is 0. The van der Waals surface area contributed by atoms with Crippen LogP contribution in [0, 0.1) is 5.92 Å². The van der Waals surface area contributed by atoms with E-state index < -0.39 is 0 Å². The van der Waals surface area contributed by atoms with Gasteiger partial charge in [0.1, 0.15) is 0 Å². The van der Waals surface area contributed by atoms with Crippen LogP contribution in [0.4, 0.5) is 0 Å². The molecule has 86 valence electrons. The van der Waals surface area contributed by atoms with E-state index in [-0.39, 0.29) is 5.92 Å². The molecule has 15 heavy (non-hydrogen) atoms. The summed E-state index contributed by atoms with van der Waals surface area (Å²) in [5.74, 6) is 0.442. The molecule has 0 bridgehead atoms. The highest BCUT2D eigenvalue weighted by Gasteiger charge is 2.34. The van der Waals surface area contributed by atoms with Gasteiger partial charge in [-0.2, -0.15) is 0 Å². The Morgan fingerprint density at radius 1 is 1.13 bits per heavy atom. The average molecular weight is 210 g/mol. The molecule has 1 amide bonds. The highest BCUT2D eigenvalue weighted by molar-refractivity contribution is 5.81. The monoisotopic (exact) mass is 210 g/mol. The highest BCUT2D eigenvalue weighted by Crippen LogP contribution is 2.27. The van der Waals surface area contributed by atoms with Crippen molar-refractivity contribution in [2.75, 3.05) is 13.1 Å². The van der Waals surface area contributed by atoms with E-state index in [2.05, 4.69) is 4.90 Å². The standard InChI is InChI=1S/C12H22N2O/c13-9-10-7-8-14(12(10)15)11-5-3-1-2-4-6-11/h10-11H,1-9,13H2. The van der Waals surface area contributed by atoms with E-state index in [4.69, 9.17) is 5.73 Å². The van der Waals surface area contributed by atoms with Gasteiger partial charge in [-0.15, -0.1) is 0 Å². The van der Waals surface area contributed by atoms with Gasteiger partial charge in [-0.1, -0.05) is 25.7 Å². The normalized spacial score (nSPS) is 29.5. The molecule has 2 N–H and O–H groups in total. The zero-order valence-electron chi connectivity index (χ0n) is 9.45. The number of hydrogen-bond acceptors (Lipinski definition) is 2. The Morgan fingerprint density at radius 2 is 1.80 bits per heavy atom. The molecule has 0 spiro atoms. The van der Waals surface area contributed by atoms with Crippen molar-refractivity contribution in [1.82, 2.24) is 4.90 Å². The maximum absolute atomic E-state index is 12.0. The van der Waals surface area contributed by atoms with Gasteiger partial charge in [0, 0.05) is 19.1 Å². The minimum absolute atomic E-state index is 0.119. The Balaban J connectivity index is 1.95. The molecular weight excluding hydrogens is 188 g/mol. The average Bonchev–Trinajstić information content (AvgIpc) is 2.49. The van der Waals surface area contributed by atoms with Crippen molar-refractivity contribution >= 4 is 5.91 Å². The number of nitrogens with two attached hydrogens (primary N) is 1. The Bertz CT molecular complexity index is 222. The first-order valence-corrected chi connectivity index (χ1v) is 6.33. The van der Waals surface area contributed by atoms with Gasteiger partial charge in [0.2, 0.25) is 5.91 Å². The van der Waals surface area contributed by atoms with Crippen molar-refractivity contribution < 1.29 is 4.79 Å². The van der Waals surface area contributed by atoms with Crippen LogP contribution in [0.25, 0.3) is 0 Å². The summed E-state index contributed by atoms with van der Waals surface area (Å²) in [6.45, 7) is 1.48. The van der Waals surface area contributed by atoms with Gasteiger partial charge in [0.15, 0.2) is 0 Å². The van der Waals surface area contributed by atoms with Crippen LogP contribution < -0.4 is 5.73 Å². The van der Waals surface area contributed by atoms with E-state index in [1.807, 2.05) is 0 Å². The molecule has 0 aromatic carbocycles. The van der Waals surface area contributed by atoms with Crippen LogP contribution >= 0.6 is 0 Å². The summed E-state index contributed by atoms with van der Waals surface area (Å²) in [7, 11) is 0. The fraction of sp³-hybridized carbons (Fsp3) is 0.917. The van der Waals surface area contributed by atoms with Crippen molar-refractivity contribution in [3.05, 3.63) is 0 Å². The minimum atomic E-state index is 0.119. The van der Waals surface area contributed by atoms with E-state index in [0.29, 0.717) is 18.5 Å². The number of hydrogen-bond donors (Lipinski definition) is 1. The fourth-order valence-corrected chi connectivity index (χ4v) is 2.91. The summed E-state index contributed by atoms with van der Waals surface area (Å²) in [5.41, 5.74) is 5.60. The van der Waals surface area contributed by atoms with Gasteiger partial charge < -0.3 is 10.6 Å². The highest BCUT2D eigenvalue weighted by atomic mass is 16.2. The minimum Gasteiger partial charge on any atom is -0.339 e. The molecule has 2 rings (SSSR count). The molecular formula is C12H22N2O. The molecule has 1 atom stereocenters. The largest absolute Gasteiger partial charge is 0.339 e. The van der Waals surface area contributed by atoms with Gasteiger partial charge in [0.05, 0.1) is 5.92 Å². The van der Waals surface area contributed by atoms with E-state index in [0.717, 1.165) is 13.0 Å². The summed E-state index contributed by atoms with van der Waals surface area (Å²) in [4.78, 5) is 14.1. The first kappa shape index (κ1) is 10.9. The molecule has 0 aromatic rings. The Labute approximate surface area is 92.0 Å². The fourth-order valence-electron chi connectivity index (χ4n) is 2.91. The quantitative estimate of drug-likeness (QED) is 0.702. The third kappa shape index (κ3) is 2.33. The number of rotatable bonds is 2. The summed E-state index contributed by atoms with van der Waals surface area (Å²) >= 11 is 0. The molecule has 1 heterocycles. The second-order valence-electron chi connectivity index (χ2n) is 4.90. The predicted molar refractivity (Wildman–Crippen MR) is 60.4 cm³/mol. The maximum Gasteiger partial charge on any atom is 0.227 e. The molecule has 2 aliphatic rings. The molecule has 1 saturated heterocycles. The molecule has 0 aromatic heterocycles. The Kier molecular flexibility index (Phi) is 3.62. The Hall–Kier alpha value is -0.570. The van der Waals surface area contributed by atoms with Crippen LogP contribution in [-0.2, 0) is 4.79 Å². The second kappa shape index (κ2) is 4.97. The lowest BCUT2D eigenvalue weighted by molar-refractivity contribution is -0.132. The van der Waals surface area contributed by atoms with E-state index in [1.165, 1.54) is 38.5 Å². The van der Waals surface area contributed by atoms with Crippen LogP contribution in [0.2, 0.25) is 0 Å². The van der Waals surface area contributed by atoms with Crippen LogP contribution in [0.5, 0.6) is 0 Å². The van der Waals surface area contributed by atoms with Gasteiger partial charge >= 0.3 is 0 Å². The molecule has 1 aliphatic carbocycles. The number of carbonyl (C=O) groups excluding carboxylic acids is 1. The van der Waals surface area contributed by atoms with Crippen molar-refractivity contribution in [3.63, 3.8) is 0 Å². The summed E-state index contributed by atoms with van der Waals surface area (Å²) in [6.07, 6.45) is 8.68. The molecule has 1 aliphatic heterocycles. The zero-order valence-corrected chi connectivity index (χ0v) is 9.45. The first-order valence-electron chi connectivity index (χ1n) is 6.33. The van der Waals surface area contributed by atoms with Crippen molar-refractivity contribution in [1.29, 1.82) is 0 Å². The maximum atomic E-state index is 12.0. The van der Waals surface area contributed by atoms with Gasteiger partial charge in [-0.25, -0.2) is 0 Å². The van der Waals surface area contributed by atoms with Crippen molar-refractivity contribution in [2.45, 2.75) is 51.0 Å². The van der Waals surface area contributed by atoms with Crippen LogP contribution in [-0.4, -0.2) is 29.9 Å². The lowest BCUT2D eigenvalue weighted by Crippen LogP contribution is -2.38. The van der Waals surface area contributed by atoms with Gasteiger partial charge in [-0.3, -0.25) is 4.79 Å². The van der Waals surface area contributed by atoms with Crippen LogP contribution in [0.1, 0.15) is 44.9 Å². The molecule has 1 saturated carbocycles. The Morgan fingerprint density at radius 3 is 2.33 bits per heavy atom. The summed E-state index contributed by atoms with van der Waals surface area (Å²) in [6, 6.07) is 0.525. The van der Waals surface area contributed by atoms with Crippen molar-refractivity contribution in [2.24, 2.45) is 11.7 Å². The van der Waals surface area contributed by atoms with Gasteiger partial charge in [-0.05, 0) is 19.3 Å².